The Morgan fingerprint density at radius 3 is 1.92 bits per heavy atom. The highest BCUT2D eigenvalue weighted by Crippen LogP contribution is 2.50. The minimum absolute atomic E-state index is 0.0995. The van der Waals surface area contributed by atoms with Crippen LogP contribution in [-0.2, 0) is 74.4 Å². The molecule has 0 aliphatic carbocycles. The first-order valence-electron chi connectivity index (χ1n) is 32.6. The number of hydrogen-bond acceptors (Lipinski definition) is 17. The molecule has 7 saturated heterocycles. The van der Waals surface area contributed by atoms with Crippen LogP contribution < -0.4 is 0 Å². The molecule has 83 heavy (non-hydrogen) atoms. The molecule has 0 radical (unpaired) electrons. The molecule has 0 aromatic rings. The molecule has 7 aliphatic rings. The molecule has 0 aromatic carbocycles. The van der Waals surface area contributed by atoms with Crippen molar-refractivity contribution < 1.29 is 79.5 Å². The second kappa shape index (κ2) is 30.7. The summed E-state index contributed by atoms with van der Waals surface area (Å²) in [6, 6.07) is 9.18. The summed E-state index contributed by atoms with van der Waals surface area (Å²) in [7, 11) is -7.25. The largest absolute Gasteiger partial charge is 0.459 e. The molecule has 17 nitrogen and oxygen atoms in total. The van der Waals surface area contributed by atoms with E-state index >= 15 is 0 Å². The van der Waals surface area contributed by atoms with Gasteiger partial charge in [-0.25, -0.2) is 0 Å². The molecule has 0 amide bonds. The average Bonchev–Trinajstić information content (AvgIpc) is 2.80. The first kappa shape index (κ1) is 69.5. The van der Waals surface area contributed by atoms with E-state index in [4.69, 9.17) is 60.2 Å². The molecule has 7 rings (SSSR count). The van der Waals surface area contributed by atoms with Crippen LogP contribution in [0.4, 0.5) is 0 Å². The highest BCUT2D eigenvalue weighted by atomic mass is 31.2. The molecule has 21 heteroatoms. The number of aldehydes is 1. The predicted molar refractivity (Wildman–Crippen MR) is 328 cm³/mol. The van der Waals surface area contributed by atoms with Crippen LogP contribution in [0.15, 0.2) is 24.3 Å². The van der Waals surface area contributed by atoms with Crippen LogP contribution >= 0.6 is 7.60 Å². The van der Waals surface area contributed by atoms with Gasteiger partial charge in [0.15, 0.2) is 30.7 Å². The maximum Gasteiger partial charge on any atom is 0.341 e. The highest BCUT2D eigenvalue weighted by molar-refractivity contribution is 7.54. The third kappa shape index (κ3) is 16.3. The molecule has 0 spiro atoms. The summed E-state index contributed by atoms with van der Waals surface area (Å²) in [6.45, 7) is 34.2. The van der Waals surface area contributed by atoms with Crippen molar-refractivity contribution in [3.05, 3.63) is 24.3 Å². The number of aliphatic hydroxyl groups excluding tert-OH is 1. The number of hydrogen-bond donors (Lipinski definition) is 1. The average molecular weight is 1240 g/mol. The topological polar surface area (TPSA) is 191 Å². The number of fused-ring (bicyclic) bond motifs is 6. The van der Waals surface area contributed by atoms with E-state index in [9.17, 15) is 19.3 Å². The van der Waals surface area contributed by atoms with Gasteiger partial charge in [-0.2, -0.15) is 0 Å². The Bertz CT molecular complexity index is 2110. The van der Waals surface area contributed by atoms with Gasteiger partial charge in [0, 0.05) is 65.3 Å². The van der Waals surface area contributed by atoms with Crippen molar-refractivity contribution in [1.29, 1.82) is 0 Å². The zero-order valence-corrected chi connectivity index (χ0v) is 57.2. The quantitative estimate of drug-likeness (QED) is 0.0214. The van der Waals surface area contributed by atoms with E-state index in [1.807, 2.05) is 0 Å². The first-order valence-corrected chi connectivity index (χ1v) is 42.0. The van der Waals surface area contributed by atoms with E-state index in [2.05, 4.69) is 89.3 Å². The maximum absolute atomic E-state index is 13.9. The molecule has 0 aromatic heterocycles. The van der Waals surface area contributed by atoms with Crippen molar-refractivity contribution >= 4 is 44.8 Å². The molecule has 7 fully saturated rings. The molecular weight excluding hydrogens is 1130 g/mol. The molecule has 478 valence electrons. The Labute approximate surface area is 502 Å². The standard InChI is InChI=1S/C62H111O17PSi3/c1-16-81(17-2,18-3)69-33-30-49-52(78-82(19-4,20-5)21-6)37-54-58(74-49)44(13)59(75-57(65)40-80(66,67-14)68-15)53(73-54)36-51-43(12)41(10)34-45(71-51)27-28-48-42(11)35-46(70-48)29-31-62-39-47(64)60(77-62)55-38-56(76-62)61(50(72-55)26-25-32-63)79-83(22-7,23-8)24-9/h32,41,44-56,58-61,64H,11-12,16-31,33-40H2,1-10,13-15H3/t41?,44-,45?,46?,47?,48-,49?,50?,51+,52?,53-,54?,55+,56?,58?,59?,60?,61?,62+/m0/s1. The molecule has 13 unspecified atom stereocenters. The molecule has 7 heterocycles. The molecule has 0 saturated carbocycles. The minimum Gasteiger partial charge on any atom is -0.459 e. The van der Waals surface area contributed by atoms with E-state index < -0.39 is 87.1 Å². The summed E-state index contributed by atoms with van der Waals surface area (Å²) in [4.78, 5) is 25.5. The van der Waals surface area contributed by atoms with Gasteiger partial charge in [0.25, 0.3) is 0 Å². The third-order valence-electron chi connectivity index (χ3n) is 21.3. The van der Waals surface area contributed by atoms with Crippen molar-refractivity contribution in [3.63, 3.8) is 0 Å². The van der Waals surface area contributed by atoms with Gasteiger partial charge in [-0.1, -0.05) is 89.3 Å². The Balaban J connectivity index is 1.02. The van der Waals surface area contributed by atoms with Crippen LogP contribution in [0.2, 0.25) is 54.4 Å². The lowest BCUT2D eigenvalue weighted by Gasteiger charge is -2.52. The zero-order chi connectivity index (χ0) is 60.5. The lowest BCUT2D eigenvalue weighted by atomic mass is 9.79. The van der Waals surface area contributed by atoms with Crippen LogP contribution in [0.25, 0.3) is 0 Å². The Morgan fingerprint density at radius 2 is 1.29 bits per heavy atom. The van der Waals surface area contributed by atoms with Crippen LogP contribution in [0.5, 0.6) is 0 Å². The second-order valence-electron chi connectivity index (χ2n) is 25.7. The Kier molecular flexibility index (Phi) is 25.7. The number of aliphatic hydroxyl groups is 1. The van der Waals surface area contributed by atoms with E-state index in [-0.39, 0.29) is 72.9 Å². The highest BCUT2D eigenvalue weighted by Gasteiger charge is 2.60. The number of esters is 1. The van der Waals surface area contributed by atoms with Crippen molar-refractivity contribution in [1.82, 2.24) is 0 Å². The van der Waals surface area contributed by atoms with E-state index in [1.165, 1.54) is 14.2 Å². The number of carbonyl (C=O) groups excluding carboxylic acids is 2. The molecule has 19 atom stereocenters. The van der Waals surface area contributed by atoms with Gasteiger partial charge in [-0.15, -0.1) is 0 Å². The SMILES string of the molecule is C=C1CC(CC[C@]23CC(O)C(O2)[C@H]2CC(O3)C(O[Si](CC)(CC)CC)C(CCC=O)O2)O[C@H]1CCC1CC(C)C(=C)[C@@H](C[C@@H]2OC3CC(O[Si](CC)(CC)CC)C(CCO[Si](CC)(CC)CC)OC3[C@H](C)C2OC(=O)CP(=O)(OC)OC)O1. The maximum atomic E-state index is 13.9. The van der Waals surface area contributed by atoms with Gasteiger partial charge in [-0.3, -0.25) is 9.36 Å². The smallest absolute Gasteiger partial charge is 0.341 e. The van der Waals surface area contributed by atoms with E-state index in [1.54, 1.807) is 0 Å². The summed E-state index contributed by atoms with van der Waals surface area (Å²) in [5.74, 6) is -1.87. The molecule has 7 aliphatic heterocycles. The monoisotopic (exact) mass is 1240 g/mol. The predicted octanol–water partition coefficient (Wildman–Crippen LogP) is 12.5. The zero-order valence-electron chi connectivity index (χ0n) is 53.3. The fraction of sp³-hybridized carbons (Fsp3) is 0.903. The van der Waals surface area contributed by atoms with Gasteiger partial charge in [0.05, 0.1) is 85.5 Å². The van der Waals surface area contributed by atoms with E-state index in [0.717, 1.165) is 91.1 Å². The summed E-state index contributed by atoms with van der Waals surface area (Å²) in [5.41, 5.74) is 2.02. The molecular formula is C62H111O17PSi3. The lowest BCUT2D eigenvalue weighted by molar-refractivity contribution is -0.271. The lowest BCUT2D eigenvalue weighted by Crippen LogP contribution is -2.62. The van der Waals surface area contributed by atoms with Crippen molar-refractivity contribution in [2.24, 2.45) is 11.8 Å². The molecule has 1 N–H and O–H groups in total. The van der Waals surface area contributed by atoms with Crippen molar-refractivity contribution in [3.8, 4) is 0 Å². The van der Waals surface area contributed by atoms with Gasteiger partial charge in [0.2, 0.25) is 0 Å². The summed E-state index contributed by atoms with van der Waals surface area (Å²) in [5, 5.41) is 11.5. The molecule has 4 bridgehead atoms. The second-order valence-corrected chi connectivity index (χ2v) is 42.2. The number of rotatable bonds is 33. The summed E-state index contributed by atoms with van der Waals surface area (Å²) in [6.07, 6.45) is 2.29. The number of ether oxygens (including phenoxy) is 8. The Hall–Kier alpha value is -1.02. The number of carbonyl (C=O) groups is 2. The van der Waals surface area contributed by atoms with Crippen LogP contribution in [0.1, 0.15) is 160 Å². The van der Waals surface area contributed by atoms with Crippen LogP contribution in [0.3, 0.4) is 0 Å². The minimum atomic E-state index is -3.74. The van der Waals surface area contributed by atoms with Gasteiger partial charge < -0.3 is 70.1 Å². The summed E-state index contributed by atoms with van der Waals surface area (Å²) < 4.78 is 100. The Morgan fingerprint density at radius 1 is 0.675 bits per heavy atom. The van der Waals surface area contributed by atoms with Gasteiger partial charge in [0.1, 0.15) is 24.7 Å². The fourth-order valence-electron chi connectivity index (χ4n) is 15.1. The summed E-state index contributed by atoms with van der Waals surface area (Å²) >= 11 is 0. The fourth-order valence-corrected chi connectivity index (χ4v) is 24.3. The van der Waals surface area contributed by atoms with Crippen LogP contribution in [-0.4, -0.2) is 173 Å². The van der Waals surface area contributed by atoms with E-state index in [0.29, 0.717) is 70.8 Å². The van der Waals surface area contributed by atoms with Crippen LogP contribution in [0, 0.1) is 11.8 Å². The van der Waals surface area contributed by atoms with Crippen molar-refractivity contribution in [2.75, 3.05) is 27.0 Å². The van der Waals surface area contributed by atoms with Gasteiger partial charge >= 0.3 is 13.6 Å². The normalized spacial score (nSPS) is 36.9. The third-order valence-corrected chi connectivity index (χ3v) is 37.1. The van der Waals surface area contributed by atoms with Crippen molar-refractivity contribution in [2.45, 2.75) is 317 Å². The van der Waals surface area contributed by atoms with Gasteiger partial charge in [-0.05, 0) is 116 Å². The first-order chi connectivity index (χ1) is 39.6.